The van der Waals surface area contributed by atoms with Gasteiger partial charge in [0.25, 0.3) is 11.5 Å². The molecule has 0 aliphatic heterocycles. The summed E-state index contributed by atoms with van der Waals surface area (Å²) in [4.78, 5) is 25.2. The number of anilines is 1. The first-order valence-corrected chi connectivity index (χ1v) is 6.69. The van der Waals surface area contributed by atoms with Crippen LogP contribution in [0.5, 0.6) is 0 Å². The van der Waals surface area contributed by atoms with Crippen LogP contribution in [-0.2, 0) is 6.54 Å². The molecule has 0 aliphatic carbocycles. The summed E-state index contributed by atoms with van der Waals surface area (Å²) in [5.74, 6) is -0.246. The molecule has 0 aliphatic rings. The Hall–Kier alpha value is -2.63. The van der Waals surface area contributed by atoms with E-state index in [4.69, 9.17) is 5.73 Å². The van der Waals surface area contributed by atoms with Crippen molar-refractivity contribution in [3.8, 4) is 0 Å². The number of H-pyrrole nitrogens is 1. The molecular formula is C15H18N4O2. The minimum Gasteiger partial charge on any atom is -0.398 e. The lowest BCUT2D eigenvalue weighted by molar-refractivity contribution is 0.0683. The van der Waals surface area contributed by atoms with E-state index in [9.17, 15) is 9.59 Å². The van der Waals surface area contributed by atoms with Crippen molar-refractivity contribution in [3.63, 3.8) is 0 Å². The summed E-state index contributed by atoms with van der Waals surface area (Å²) in [6.45, 7) is 4.23. The first-order chi connectivity index (χ1) is 9.99. The van der Waals surface area contributed by atoms with Crippen molar-refractivity contribution in [1.82, 2.24) is 15.1 Å². The number of amides is 1. The Morgan fingerprint density at radius 3 is 2.57 bits per heavy atom. The van der Waals surface area contributed by atoms with Crippen molar-refractivity contribution in [2.24, 2.45) is 0 Å². The Bertz CT molecular complexity index is 674. The van der Waals surface area contributed by atoms with Gasteiger partial charge in [-0.3, -0.25) is 9.59 Å². The lowest BCUT2D eigenvalue weighted by Gasteiger charge is -2.27. The van der Waals surface area contributed by atoms with E-state index < -0.39 is 0 Å². The third-order valence-corrected chi connectivity index (χ3v) is 3.18. The van der Waals surface area contributed by atoms with Gasteiger partial charge in [-0.1, -0.05) is 18.2 Å². The summed E-state index contributed by atoms with van der Waals surface area (Å²) < 4.78 is 0. The molecule has 0 fully saturated rings. The monoisotopic (exact) mass is 286 g/mol. The maximum Gasteiger partial charge on any atom is 0.274 e. The largest absolute Gasteiger partial charge is 0.398 e. The third-order valence-electron chi connectivity index (χ3n) is 3.18. The fourth-order valence-electron chi connectivity index (χ4n) is 1.96. The normalized spacial score (nSPS) is 10.6. The zero-order valence-corrected chi connectivity index (χ0v) is 12.0. The summed E-state index contributed by atoms with van der Waals surface area (Å²) in [6.07, 6.45) is 0. The number of hydrogen-bond acceptors (Lipinski definition) is 4. The van der Waals surface area contributed by atoms with E-state index in [-0.39, 0.29) is 23.2 Å². The molecule has 1 heterocycles. The molecule has 6 nitrogen and oxygen atoms in total. The molecule has 6 heteroatoms. The number of carbonyl (C=O) groups excluding carboxylic acids is 1. The fraction of sp³-hybridized carbons (Fsp3) is 0.267. The predicted octanol–water partition coefficient (Wildman–Crippen LogP) is 1.40. The number of para-hydroxylation sites is 1. The second-order valence-electron chi connectivity index (χ2n) is 5.03. The van der Waals surface area contributed by atoms with Gasteiger partial charge in [0, 0.05) is 24.3 Å². The Morgan fingerprint density at radius 2 is 2.00 bits per heavy atom. The lowest BCUT2D eigenvalue weighted by atomic mass is 10.1. The molecule has 110 valence electrons. The molecule has 0 unspecified atom stereocenters. The van der Waals surface area contributed by atoms with Gasteiger partial charge >= 0.3 is 0 Å². The van der Waals surface area contributed by atoms with Gasteiger partial charge in [-0.15, -0.1) is 0 Å². The molecule has 1 aromatic heterocycles. The number of aromatic nitrogens is 2. The van der Waals surface area contributed by atoms with Crippen LogP contribution >= 0.6 is 0 Å². The summed E-state index contributed by atoms with van der Waals surface area (Å²) >= 11 is 0. The van der Waals surface area contributed by atoms with Crippen molar-refractivity contribution in [2.45, 2.75) is 26.4 Å². The van der Waals surface area contributed by atoms with Crippen LogP contribution in [0.4, 0.5) is 5.69 Å². The van der Waals surface area contributed by atoms with E-state index in [1.54, 1.807) is 11.0 Å². The summed E-state index contributed by atoms with van der Waals surface area (Å²) in [7, 11) is 0. The van der Waals surface area contributed by atoms with E-state index in [1.807, 2.05) is 32.0 Å². The van der Waals surface area contributed by atoms with E-state index in [0.29, 0.717) is 12.2 Å². The van der Waals surface area contributed by atoms with Gasteiger partial charge in [0.05, 0.1) is 0 Å². The van der Waals surface area contributed by atoms with Crippen LogP contribution < -0.4 is 11.3 Å². The molecule has 0 spiro atoms. The molecule has 1 aromatic carbocycles. The minimum atomic E-state index is -0.338. The fourth-order valence-corrected chi connectivity index (χ4v) is 1.96. The first kappa shape index (κ1) is 14.8. The maximum atomic E-state index is 12.5. The van der Waals surface area contributed by atoms with Crippen molar-refractivity contribution in [3.05, 3.63) is 58.0 Å². The number of nitrogens with two attached hydrogens (primary N) is 1. The SMILES string of the molecule is CC(C)N(Cc1ccccc1N)C(=O)c1ccc(=O)[nH]n1. The average Bonchev–Trinajstić information content (AvgIpc) is 2.46. The highest BCUT2D eigenvalue weighted by Crippen LogP contribution is 2.16. The second kappa shape index (κ2) is 6.21. The van der Waals surface area contributed by atoms with Crippen LogP contribution in [0.25, 0.3) is 0 Å². The number of benzene rings is 1. The van der Waals surface area contributed by atoms with Crippen molar-refractivity contribution in [1.29, 1.82) is 0 Å². The molecule has 1 amide bonds. The third kappa shape index (κ3) is 3.47. The van der Waals surface area contributed by atoms with Crippen molar-refractivity contribution < 1.29 is 4.79 Å². The zero-order chi connectivity index (χ0) is 15.4. The van der Waals surface area contributed by atoms with Gasteiger partial charge in [-0.2, -0.15) is 5.10 Å². The Labute approximate surface area is 122 Å². The Kier molecular flexibility index (Phi) is 4.37. The van der Waals surface area contributed by atoms with E-state index >= 15 is 0 Å². The predicted molar refractivity (Wildman–Crippen MR) is 80.7 cm³/mol. The number of nitrogens with zero attached hydrogens (tertiary/aromatic N) is 2. The summed E-state index contributed by atoms with van der Waals surface area (Å²) in [5.41, 5.74) is 7.32. The molecular weight excluding hydrogens is 268 g/mol. The molecule has 2 aromatic rings. The van der Waals surface area contributed by atoms with Gasteiger partial charge < -0.3 is 10.6 Å². The maximum absolute atomic E-state index is 12.5. The molecule has 0 saturated heterocycles. The van der Waals surface area contributed by atoms with Crippen LogP contribution in [0.1, 0.15) is 29.9 Å². The summed E-state index contributed by atoms with van der Waals surface area (Å²) in [5, 5.41) is 6.06. The topological polar surface area (TPSA) is 92.1 Å². The number of nitrogen functional groups attached to an aromatic ring is 1. The molecule has 0 saturated carbocycles. The molecule has 0 bridgehead atoms. The van der Waals surface area contributed by atoms with Crippen LogP contribution in [0.3, 0.4) is 0 Å². The first-order valence-electron chi connectivity index (χ1n) is 6.69. The van der Waals surface area contributed by atoms with Crippen molar-refractivity contribution in [2.75, 3.05) is 5.73 Å². The zero-order valence-electron chi connectivity index (χ0n) is 12.0. The van der Waals surface area contributed by atoms with Gasteiger partial charge in [0.2, 0.25) is 0 Å². The van der Waals surface area contributed by atoms with Crippen LogP contribution in [0.2, 0.25) is 0 Å². The van der Waals surface area contributed by atoms with Gasteiger partial charge in [0.15, 0.2) is 0 Å². The highest BCUT2D eigenvalue weighted by Gasteiger charge is 2.21. The lowest BCUT2D eigenvalue weighted by Crippen LogP contribution is -2.37. The van der Waals surface area contributed by atoms with Crippen LogP contribution in [0, 0.1) is 0 Å². The number of hydrogen-bond donors (Lipinski definition) is 2. The van der Waals surface area contributed by atoms with Crippen LogP contribution in [0.15, 0.2) is 41.2 Å². The molecule has 0 atom stereocenters. The smallest absolute Gasteiger partial charge is 0.274 e. The number of carbonyl (C=O) groups is 1. The Morgan fingerprint density at radius 1 is 1.29 bits per heavy atom. The second-order valence-corrected chi connectivity index (χ2v) is 5.03. The van der Waals surface area contributed by atoms with E-state index in [1.165, 1.54) is 12.1 Å². The van der Waals surface area contributed by atoms with E-state index in [2.05, 4.69) is 10.2 Å². The standard InChI is InChI=1S/C15H18N4O2/c1-10(2)19(9-11-5-3-4-6-12(11)16)15(21)13-7-8-14(20)18-17-13/h3-8,10H,9,16H2,1-2H3,(H,18,20). The van der Waals surface area contributed by atoms with Crippen molar-refractivity contribution >= 4 is 11.6 Å². The minimum absolute atomic E-state index is 0.0224. The molecule has 3 N–H and O–H groups in total. The Balaban J connectivity index is 2.27. The number of nitrogens with one attached hydrogen (secondary N) is 1. The molecule has 21 heavy (non-hydrogen) atoms. The number of rotatable bonds is 4. The number of aromatic amines is 1. The quantitative estimate of drug-likeness (QED) is 0.831. The van der Waals surface area contributed by atoms with Gasteiger partial charge in [0.1, 0.15) is 5.69 Å². The van der Waals surface area contributed by atoms with Gasteiger partial charge in [-0.25, -0.2) is 5.10 Å². The highest BCUT2D eigenvalue weighted by atomic mass is 16.2. The average molecular weight is 286 g/mol. The van der Waals surface area contributed by atoms with Crippen LogP contribution in [-0.4, -0.2) is 27.0 Å². The summed E-state index contributed by atoms with van der Waals surface area (Å²) in [6, 6.07) is 10.1. The molecule has 0 radical (unpaired) electrons. The van der Waals surface area contributed by atoms with Gasteiger partial charge in [-0.05, 0) is 31.5 Å². The van der Waals surface area contributed by atoms with E-state index in [0.717, 1.165) is 5.56 Å². The molecule has 2 rings (SSSR count). The highest BCUT2D eigenvalue weighted by molar-refractivity contribution is 5.92.